The average Bonchev–Trinajstić information content (AvgIpc) is 2.29. The van der Waals surface area contributed by atoms with Crippen LogP contribution in [0.15, 0.2) is 18.3 Å². The van der Waals surface area contributed by atoms with Gasteiger partial charge in [-0.3, -0.25) is 4.98 Å². The van der Waals surface area contributed by atoms with Crippen molar-refractivity contribution in [3.05, 3.63) is 24.0 Å². The van der Waals surface area contributed by atoms with Crippen LogP contribution in [0.25, 0.3) is 0 Å². The van der Waals surface area contributed by atoms with E-state index < -0.39 is 0 Å². The SMILES string of the molecule is CC1(C)COc2cccnc21. The van der Waals surface area contributed by atoms with Crippen molar-refractivity contribution in [1.29, 1.82) is 0 Å². The minimum atomic E-state index is 0.0938. The summed E-state index contributed by atoms with van der Waals surface area (Å²) in [4.78, 5) is 4.29. The molecule has 1 aromatic heterocycles. The number of pyridine rings is 1. The second kappa shape index (κ2) is 1.97. The predicted molar refractivity (Wildman–Crippen MR) is 42.8 cm³/mol. The van der Waals surface area contributed by atoms with Crippen LogP contribution in [0.3, 0.4) is 0 Å². The average molecular weight is 149 g/mol. The van der Waals surface area contributed by atoms with E-state index in [0.717, 1.165) is 18.1 Å². The van der Waals surface area contributed by atoms with Crippen LogP contribution in [0, 0.1) is 0 Å². The molecule has 0 aliphatic carbocycles. The minimum absolute atomic E-state index is 0.0938. The summed E-state index contributed by atoms with van der Waals surface area (Å²) < 4.78 is 5.45. The van der Waals surface area contributed by atoms with Gasteiger partial charge in [-0.05, 0) is 12.1 Å². The Kier molecular flexibility index (Phi) is 1.19. The van der Waals surface area contributed by atoms with Crippen molar-refractivity contribution in [2.45, 2.75) is 19.3 Å². The fraction of sp³-hybridized carbons (Fsp3) is 0.444. The summed E-state index contributed by atoms with van der Waals surface area (Å²) >= 11 is 0. The second-order valence-electron chi connectivity index (χ2n) is 3.52. The van der Waals surface area contributed by atoms with Gasteiger partial charge in [0.2, 0.25) is 0 Å². The molecule has 0 N–H and O–H groups in total. The van der Waals surface area contributed by atoms with E-state index >= 15 is 0 Å². The summed E-state index contributed by atoms with van der Waals surface area (Å²) in [5.41, 5.74) is 1.18. The Morgan fingerprint density at radius 1 is 1.55 bits per heavy atom. The zero-order chi connectivity index (χ0) is 7.90. The quantitative estimate of drug-likeness (QED) is 0.560. The summed E-state index contributed by atoms with van der Waals surface area (Å²) in [6.45, 7) is 5.04. The maximum atomic E-state index is 5.45. The van der Waals surface area contributed by atoms with Gasteiger partial charge in [0, 0.05) is 11.6 Å². The molecular formula is C9H11NO. The van der Waals surface area contributed by atoms with Crippen LogP contribution in [0.4, 0.5) is 0 Å². The van der Waals surface area contributed by atoms with E-state index in [-0.39, 0.29) is 5.41 Å². The fourth-order valence-corrected chi connectivity index (χ4v) is 1.34. The van der Waals surface area contributed by atoms with Gasteiger partial charge in [0.1, 0.15) is 5.75 Å². The Bertz CT molecular complexity index is 281. The first kappa shape index (κ1) is 6.65. The van der Waals surface area contributed by atoms with E-state index in [4.69, 9.17) is 4.74 Å². The maximum absolute atomic E-state index is 5.45. The van der Waals surface area contributed by atoms with Crippen molar-refractivity contribution in [3.63, 3.8) is 0 Å². The van der Waals surface area contributed by atoms with Gasteiger partial charge in [0.05, 0.1) is 12.3 Å². The molecule has 2 rings (SSSR count). The summed E-state index contributed by atoms with van der Waals surface area (Å²) in [6.07, 6.45) is 1.81. The summed E-state index contributed by atoms with van der Waals surface area (Å²) in [7, 11) is 0. The van der Waals surface area contributed by atoms with E-state index in [9.17, 15) is 0 Å². The van der Waals surface area contributed by atoms with Crippen molar-refractivity contribution in [1.82, 2.24) is 4.98 Å². The van der Waals surface area contributed by atoms with Crippen LogP contribution in [0.1, 0.15) is 19.5 Å². The zero-order valence-corrected chi connectivity index (χ0v) is 6.79. The van der Waals surface area contributed by atoms with Crippen LogP contribution in [0.5, 0.6) is 5.75 Å². The van der Waals surface area contributed by atoms with Crippen molar-refractivity contribution >= 4 is 0 Å². The minimum Gasteiger partial charge on any atom is -0.491 e. The van der Waals surface area contributed by atoms with Crippen molar-refractivity contribution in [3.8, 4) is 5.75 Å². The molecule has 0 aromatic carbocycles. The number of nitrogens with zero attached hydrogens (tertiary/aromatic N) is 1. The molecule has 0 amide bonds. The first-order chi connectivity index (χ1) is 5.20. The lowest BCUT2D eigenvalue weighted by Crippen LogP contribution is -2.19. The van der Waals surface area contributed by atoms with Gasteiger partial charge in [-0.15, -0.1) is 0 Å². The van der Waals surface area contributed by atoms with E-state index in [0.29, 0.717) is 0 Å². The third-order valence-corrected chi connectivity index (χ3v) is 2.00. The van der Waals surface area contributed by atoms with Gasteiger partial charge in [-0.2, -0.15) is 0 Å². The Labute approximate surface area is 66.2 Å². The number of ether oxygens (including phenoxy) is 1. The normalized spacial score (nSPS) is 19.1. The zero-order valence-electron chi connectivity index (χ0n) is 6.79. The topological polar surface area (TPSA) is 22.1 Å². The molecule has 0 unspecified atom stereocenters. The molecule has 1 aliphatic rings. The lowest BCUT2D eigenvalue weighted by Gasteiger charge is -2.12. The number of fused-ring (bicyclic) bond motifs is 1. The number of hydrogen-bond donors (Lipinski definition) is 0. The molecule has 58 valence electrons. The Hall–Kier alpha value is -1.05. The molecule has 0 radical (unpaired) electrons. The van der Waals surface area contributed by atoms with Gasteiger partial charge in [0.15, 0.2) is 0 Å². The van der Waals surface area contributed by atoms with Gasteiger partial charge in [0.25, 0.3) is 0 Å². The summed E-state index contributed by atoms with van der Waals surface area (Å²) in [5.74, 6) is 0.942. The molecule has 0 bridgehead atoms. The van der Waals surface area contributed by atoms with Crippen LogP contribution in [-0.4, -0.2) is 11.6 Å². The first-order valence-electron chi connectivity index (χ1n) is 3.78. The summed E-state index contributed by atoms with van der Waals surface area (Å²) in [5, 5.41) is 0. The van der Waals surface area contributed by atoms with E-state index in [1.807, 2.05) is 18.3 Å². The van der Waals surface area contributed by atoms with E-state index in [2.05, 4.69) is 18.8 Å². The van der Waals surface area contributed by atoms with Crippen molar-refractivity contribution < 1.29 is 4.74 Å². The molecule has 0 saturated carbocycles. The predicted octanol–water partition coefficient (Wildman–Crippen LogP) is 1.75. The summed E-state index contributed by atoms with van der Waals surface area (Å²) in [6, 6.07) is 3.87. The van der Waals surface area contributed by atoms with Crippen LogP contribution >= 0.6 is 0 Å². The largest absolute Gasteiger partial charge is 0.491 e. The Morgan fingerprint density at radius 2 is 2.36 bits per heavy atom. The standard InChI is InChI=1S/C9H11NO/c1-9(2)6-11-7-4-3-5-10-8(7)9/h3-5H,6H2,1-2H3. The van der Waals surface area contributed by atoms with Gasteiger partial charge >= 0.3 is 0 Å². The smallest absolute Gasteiger partial charge is 0.141 e. The molecule has 1 aliphatic heterocycles. The molecule has 2 nitrogen and oxygen atoms in total. The number of hydrogen-bond acceptors (Lipinski definition) is 2. The van der Waals surface area contributed by atoms with Crippen LogP contribution in [-0.2, 0) is 5.41 Å². The Balaban J connectivity index is 2.56. The first-order valence-corrected chi connectivity index (χ1v) is 3.78. The Morgan fingerprint density at radius 3 is 3.09 bits per heavy atom. The molecule has 0 fully saturated rings. The molecule has 2 heterocycles. The lowest BCUT2D eigenvalue weighted by atomic mass is 9.92. The third kappa shape index (κ3) is 0.897. The molecule has 2 heteroatoms. The van der Waals surface area contributed by atoms with Crippen LogP contribution < -0.4 is 4.74 Å². The highest BCUT2D eigenvalue weighted by atomic mass is 16.5. The third-order valence-electron chi connectivity index (χ3n) is 2.00. The fourth-order valence-electron chi connectivity index (χ4n) is 1.34. The number of rotatable bonds is 0. The molecule has 0 spiro atoms. The molecule has 0 atom stereocenters. The van der Waals surface area contributed by atoms with Gasteiger partial charge < -0.3 is 4.74 Å². The van der Waals surface area contributed by atoms with E-state index in [1.54, 1.807) is 0 Å². The molecular weight excluding hydrogens is 138 g/mol. The maximum Gasteiger partial charge on any atom is 0.141 e. The van der Waals surface area contributed by atoms with Gasteiger partial charge in [-0.25, -0.2) is 0 Å². The van der Waals surface area contributed by atoms with Gasteiger partial charge in [-0.1, -0.05) is 13.8 Å². The molecule has 11 heavy (non-hydrogen) atoms. The highest BCUT2D eigenvalue weighted by molar-refractivity contribution is 5.36. The highest BCUT2D eigenvalue weighted by Gasteiger charge is 2.32. The van der Waals surface area contributed by atoms with Crippen molar-refractivity contribution in [2.75, 3.05) is 6.61 Å². The highest BCUT2D eigenvalue weighted by Crippen LogP contribution is 2.35. The van der Waals surface area contributed by atoms with Crippen molar-refractivity contribution in [2.24, 2.45) is 0 Å². The number of aromatic nitrogens is 1. The second-order valence-corrected chi connectivity index (χ2v) is 3.52. The lowest BCUT2D eigenvalue weighted by molar-refractivity contribution is 0.290. The van der Waals surface area contributed by atoms with E-state index in [1.165, 1.54) is 0 Å². The molecule has 1 aromatic rings. The van der Waals surface area contributed by atoms with Crippen LogP contribution in [0.2, 0.25) is 0 Å². The monoisotopic (exact) mass is 149 g/mol. The molecule has 0 saturated heterocycles.